The summed E-state index contributed by atoms with van der Waals surface area (Å²) in [6.45, 7) is 12.7. The van der Waals surface area contributed by atoms with Crippen LogP contribution in [0.15, 0.2) is 35.3 Å². The average Bonchev–Trinajstić information content (AvgIpc) is 3.00. The van der Waals surface area contributed by atoms with E-state index in [0.717, 1.165) is 48.8 Å². The largest absolute Gasteiger partial charge is 0.357 e. The Bertz CT molecular complexity index is 949. The molecule has 9 heteroatoms. The van der Waals surface area contributed by atoms with Gasteiger partial charge in [0.25, 0.3) is 0 Å². The van der Waals surface area contributed by atoms with Crippen molar-refractivity contribution in [1.82, 2.24) is 25.1 Å². The van der Waals surface area contributed by atoms with Gasteiger partial charge in [-0.2, -0.15) is 5.10 Å². The lowest BCUT2D eigenvalue weighted by molar-refractivity contribution is 0.555. The third kappa shape index (κ3) is 9.10. The second-order valence-corrected chi connectivity index (χ2v) is 9.73. The van der Waals surface area contributed by atoms with Crippen LogP contribution in [0.25, 0.3) is 0 Å². The van der Waals surface area contributed by atoms with Crippen LogP contribution in [0.1, 0.15) is 49.7 Å². The molecule has 0 aliphatic carbocycles. The van der Waals surface area contributed by atoms with Crippen LogP contribution >= 0.6 is 0 Å². The van der Waals surface area contributed by atoms with Crippen molar-refractivity contribution in [2.75, 3.05) is 13.1 Å². The number of nitrogens with zero attached hydrogens (tertiary/aromatic N) is 3. The van der Waals surface area contributed by atoms with Gasteiger partial charge in [-0.15, -0.1) is 0 Å². The highest BCUT2D eigenvalue weighted by Crippen LogP contribution is 2.09. The van der Waals surface area contributed by atoms with Gasteiger partial charge >= 0.3 is 0 Å². The van der Waals surface area contributed by atoms with E-state index in [0.29, 0.717) is 6.54 Å². The molecule has 31 heavy (non-hydrogen) atoms. The minimum absolute atomic E-state index is 0.0197. The lowest BCUT2D eigenvalue weighted by Crippen LogP contribution is -2.38. The Labute approximate surface area is 186 Å². The second kappa shape index (κ2) is 11.9. The van der Waals surface area contributed by atoms with E-state index in [9.17, 15) is 8.42 Å². The van der Waals surface area contributed by atoms with E-state index in [-0.39, 0.29) is 11.8 Å². The normalized spacial score (nSPS) is 12.4. The standard InChI is InChI=1S/C22H36N6O2S/c1-6-23-22(24-12-7-13-28-19(5)14-18(4)26-28)25-15-20-8-10-21(11-9-20)16-31(29,30)27-17(2)3/h8-11,14,17,27H,6-7,12-13,15-16H2,1-5H3,(H2,23,24,25). The number of aryl methyl sites for hydroxylation is 3. The Hall–Kier alpha value is -2.39. The van der Waals surface area contributed by atoms with Gasteiger partial charge in [0, 0.05) is 31.4 Å². The van der Waals surface area contributed by atoms with Crippen LogP contribution in [-0.4, -0.2) is 43.3 Å². The molecule has 3 N–H and O–H groups in total. The maximum atomic E-state index is 12.1. The first kappa shape index (κ1) is 24.9. The summed E-state index contributed by atoms with van der Waals surface area (Å²) in [6.07, 6.45) is 0.944. The number of nitrogens with one attached hydrogen (secondary N) is 3. The zero-order chi connectivity index (χ0) is 22.9. The van der Waals surface area contributed by atoms with Gasteiger partial charge in [-0.05, 0) is 58.2 Å². The highest BCUT2D eigenvalue weighted by Gasteiger charge is 2.12. The van der Waals surface area contributed by atoms with Crippen molar-refractivity contribution >= 4 is 16.0 Å². The topological polar surface area (TPSA) is 100 Å². The summed E-state index contributed by atoms with van der Waals surface area (Å²) in [5, 5.41) is 11.1. The Kier molecular flexibility index (Phi) is 9.51. The number of rotatable bonds is 11. The van der Waals surface area contributed by atoms with Gasteiger partial charge in [0.2, 0.25) is 10.0 Å². The number of hydrogen-bond donors (Lipinski definition) is 3. The molecule has 0 fully saturated rings. The summed E-state index contributed by atoms with van der Waals surface area (Å²) in [6, 6.07) is 9.52. The molecule has 1 heterocycles. The molecule has 0 saturated carbocycles. The molecule has 0 spiro atoms. The molecule has 1 aromatic carbocycles. The lowest BCUT2D eigenvalue weighted by atomic mass is 10.1. The summed E-state index contributed by atoms with van der Waals surface area (Å²) >= 11 is 0. The molecule has 0 aliphatic rings. The van der Waals surface area contributed by atoms with Gasteiger partial charge in [-0.3, -0.25) is 4.68 Å². The van der Waals surface area contributed by atoms with Gasteiger partial charge in [-0.25, -0.2) is 18.1 Å². The predicted octanol–water partition coefficient (Wildman–Crippen LogP) is 2.47. The van der Waals surface area contributed by atoms with E-state index >= 15 is 0 Å². The van der Waals surface area contributed by atoms with Gasteiger partial charge < -0.3 is 10.6 Å². The molecule has 1 aromatic heterocycles. The molecule has 0 aliphatic heterocycles. The molecule has 2 rings (SSSR count). The Morgan fingerprint density at radius 1 is 1.13 bits per heavy atom. The number of benzene rings is 1. The Balaban J connectivity index is 1.85. The molecule has 0 saturated heterocycles. The van der Waals surface area contributed by atoms with Gasteiger partial charge in [0.15, 0.2) is 5.96 Å². The lowest BCUT2D eigenvalue weighted by Gasteiger charge is -2.12. The first-order valence-corrected chi connectivity index (χ1v) is 12.4. The fourth-order valence-electron chi connectivity index (χ4n) is 3.21. The van der Waals surface area contributed by atoms with E-state index in [4.69, 9.17) is 0 Å². The molecular formula is C22H36N6O2S. The second-order valence-electron chi connectivity index (χ2n) is 7.97. The van der Waals surface area contributed by atoms with E-state index in [1.165, 1.54) is 5.69 Å². The number of guanidine groups is 1. The predicted molar refractivity (Wildman–Crippen MR) is 126 cm³/mol. The van der Waals surface area contributed by atoms with Crippen molar-refractivity contribution in [2.24, 2.45) is 4.99 Å². The van der Waals surface area contributed by atoms with Crippen LogP contribution < -0.4 is 15.4 Å². The minimum Gasteiger partial charge on any atom is -0.357 e. The zero-order valence-corrected chi connectivity index (χ0v) is 20.1. The van der Waals surface area contributed by atoms with Crippen molar-refractivity contribution in [1.29, 1.82) is 0 Å². The van der Waals surface area contributed by atoms with E-state index in [2.05, 4.69) is 38.4 Å². The van der Waals surface area contributed by atoms with Crippen molar-refractivity contribution in [3.05, 3.63) is 52.8 Å². The van der Waals surface area contributed by atoms with Crippen molar-refractivity contribution < 1.29 is 8.42 Å². The molecule has 2 aromatic rings. The third-order valence-corrected chi connectivity index (χ3v) is 6.05. The van der Waals surface area contributed by atoms with Crippen LogP contribution in [0.4, 0.5) is 0 Å². The Morgan fingerprint density at radius 3 is 2.39 bits per heavy atom. The van der Waals surface area contributed by atoms with Crippen molar-refractivity contribution in [3.8, 4) is 0 Å². The molecule has 0 bridgehead atoms. The summed E-state index contributed by atoms with van der Waals surface area (Å²) < 4.78 is 28.8. The quantitative estimate of drug-likeness (QED) is 0.279. The van der Waals surface area contributed by atoms with Crippen molar-refractivity contribution in [3.63, 3.8) is 0 Å². The summed E-state index contributed by atoms with van der Waals surface area (Å²) in [4.78, 5) is 4.63. The minimum atomic E-state index is -3.32. The zero-order valence-electron chi connectivity index (χ0n) is 19.3. The average molecular weight is 449 g/mol. The third-order valence-electron chi connectivity index (χ3n) is 4.50. The fourth-order valence-corrected chi connectivity index (χ4v) is 4.64. The van der Waals surface area contributed by atoms with E-state index in [1.807, 2.05) is 56.6 Å². The monoisotopic (exact) mass is 448 g/mol. The molecule has 0 atom stereocenters. The molecule has 0 radical (unpaired) electrons. The van der Waals surface area contributed by atoms with Crippen LogP contribution in [0.5, 0.6) is 0 Å². The first-order chi connectivity index (χ1) is 14.7. The van der Waals surface area contributed by atoms with Crippen LogP contribution in [-0.2, 0) is 28.9 Å². The van der Waals surface area contributed by atoms with Crippen LogP contribution in [0.2, 0.25) is 0 Å². The highest BCUT2D eigenvalue weighted by molar-refractivity contribution is 7.88. The summed E-state index contributed by atoms with van der Waals surface area (Å²) in [5.74, 6) is 0.748. The van der Waals surface area contributed by atoms with E-state index < -0.39 is 10.0 Å². The first-order valence-electron chi connectivity index (χ1n) is 10.8. The Morgan fingerprint density at radius 2 is 1.81 bits per heavy atom. The number of hydrogen-bond acceptors (Lipinski definition) is 4. The molecular weight excluding hydrogens is 412 g/mol. The SMILES string of the molecule is CCNC(=NCc1ccc(CS(=O)(=O)NC(C)C)cc1)NCCCn1nc(C)cc1C. The smallest absolute Gasteiger partial charge is 0.216 e. The maximum Gasteiger partial charge on any atom is 0.216 e. The number of aliphatic imine (C=N–C) groups is 1. The van der Waals surface area contributed by atoms with Crippen LogP contribution in [0, 0.1) is 13.8 Å². The van der Waals surface area contributed by atoms with Gasteiger partial charge in [-0.1, -0.05) is 24.3 Å². The summed E-state index contributed by atoms with van der Waals surface area (Å²) in [5.41, 5.74) is 4.00. The van der Waals surface area contributed by atoms with E-state index in [1.54, 1.807) is 0 Å². The number of aromatic nitrogens is 2. The molecule has 172 valence electrons. The number of sulfonamides is 1. The van der Waals surface area contributed by atoms with Crippen molar-refractivity contribution in [2.45, 2.75) is 65.9 Å². The van der Waals surface area contributed by atoms with Gasteiger partial charge in [0.1, 0.15) is 0 Å². The molecule has 8 nitrogen and oxygen atoms in total. The molecule has 0 amide bonds. The summed E-state index contributed by atoms with van der Waals surface area (Å²) in [7, 11) is -3.32. The fraction of sp³-hybridized carbons (Fsp3) is 0.545. The van der Waals surface area contributed by atoms with Crippen LogP contribution in [0.3, 0.4) is 0 Å². The van der Waals surface area contributed by atoms with Gasteiger partial charge in [0.05, 0.1) is 18.0 Å². The maximum absolute atomic E-state index is 12.1. The molecule has 0 unspecified atom stereocenters. The highest BCUT2D eigenvalue weighted by atomic mass is 32.2.